The molecular weight excluding hydrogens is 236 g/mol. The van der Waals surface area contributed by atoms with Crippen molar-refractivity contribution in [2.24, 2.45) is 0 Å². The molecule has 3 nitrogen and oxygen atoms in total. The Morgan fingerprint density at radius 3 is 2.79 bits per heavy atom. The van der Waals surface area contributed by atoms with Gasteiger partial charge in [0.15, 0.2) is 0 Å². The molecule has 3 heteroatoms. The summed E-state index contributed by atoms with van der Waals surface area (Å²) in [6, 6.07) is 6.65. The molecule has 1 atom stereocenters. The number of benzene rings is 1. The smallest absolute Gasteiger partial charge is 0.0651 e. The molecule has 0 aromatic heterocycles. The Bertz CT molecular complexity index is 442. The molecule has 1 aromatic rings. The van der Waals surface area contributed by atoms with Gasteiger partial charge >= 0.3 is 0 Å². The predicted molar refractivity (Wildman–Crippen MR) is 80.9 cm³/mol. The molecule has 2 rings (SSSR count). The lowest BCUT2D eigenvalue weighted by Gasteiger charge is -2.50. The number of hydrogen-bond acceptors (Lipinski definition) is 3. The highest BCUT2D eigenvalue weighted by Crippen LogP contribution is 2.34. The number of piperazine rings is 1. The summed E-state index contributed by atoms with van der Waals surface area (Å²) in [5.41, 5.74) is 4.00. The van der Waals surface area contributed by atoms with Gasteiger partial charge in [0.25, 0.3) is 0 Å². The molecular formula is C16H26N2O. The zero-order chi connectivity index (χ0) is 14.0. The fourth-order valence-corrected chi connectivity index (χ4v) is 3.20. The summed E-state index contributed by atoms with van der Waals surface area (Å²) < 4.78 is 0. The first kappa shape index (κ1) is 14.4. The largest absolute Gasteiger partial charge is 0.394 e. The minimum Gasteiger partial charge on any atom is -0.394 e. The van der Waals surface area contributed by atoms with Crippen molar-refractivity contribution in [3.8, 4) is 0 Å². The molecule has 0 radical (unpaired) electrons. The number of nitrogens with zero attached hydrogens (tertiary/aromatic N) is 1. The van der Waals surface area contributed by atoms with Gasteiger partial charge in [-0.05, 0) is 38.3 Å². The summed E-state index contributed by atoms with van der Waals surface area (Å²) in [5, 5.41) is 13.2. The van der Waals surface area contributed by atoms with E-state index in [1.54, 1.807) is 0 Å². The Hall–Kier alpha value is -1.06. The van der Waals surface area contributed by atoms with E-state index >= 15 is 0 Å². The highest BCUT2D eigenvalue weighted by Gasteiger charge is 2.37. The molecule has 0 aliphatic carbocycles. The third kappa shape index (κ3) is 2.63. The van der Waals surface area contributed by atoms with Crippen molar-refractivity contribution in [3.63, 3.8) is 0 Å². The minimum atomic E-state index is 0.0156. The molecule has 0 amide bonds. The van der Waals surface area contributed by atoms with Crippen LogP contribution in [0.2, 0.25) is 0 Å². The van der Waals surface area contributed by atoms with Gasteiger partial charge in [-0.1, -0.05) is 25.1 Å². The van der Waals surface area contributed by atoms with Crippen molar-refractivity contribution in [2.75, 3.05) is 24.6 Å². The van der Waals surface area contributed by atoms with Crippen LogP contribution in [0.25, 0.3) is 0 Å². The van der Waals surface area contributed by atoms with E-state index in [9.17, 15) is 5.11 Å². The molecule has 1 heterocycles. The number of nitrogens with one attached hydrogen (secondary N) is 1. The number of para-hydroxylation sites is 1. The molecule has 1 aliphatic heterocycles. The summed E-state index contributed by atoms with van der Waals surface area (Å²) in [6.45, 7) is 10.8. The number of anilines is 1. The highest BCUT2D eigenvalue weighted by molar-refractivity contribution is 5.62. The SMILES string of the molecule is CCc1cccc(C)c1N1C(CO)CNCC1(C)C. The third-order valence-corrected chi connectivity index (χ3v) is 4.11. The lowest BCUT2D eigenvalue weighted by Crippen LogP contribution is -2.64. The van der Waals surface area contributed by atoms with Gasteiger partial charge in [-0.3, -0.25) is 0 Å². The minimum absolute atomic E-state index is 0.0156. The Morgan fingerprint density at radius 2 is 2.16 bits per heavy atom. The maximum Gasteiger partial charge on any atom is 0.0651 e. The second kappa shape index (κ2) is 5.51. The highest BCUT2D eigenvalue weighted by atomic mass is 16.3. The van der Waals surface area contributed by atoms with Crippen LogP contribution < -0.4 is 10.2 Å². The number of aliphatic hydroxyl groups excluding tert-OH is 1. The van der Waals surface area contributed by atoms with Crippen LogP contribution in [0.1, 0.15) is 31.9 Å². The van der Waals surface area contributed by atoms with E-state index in [0.29, 0.717) is 0 Å². The Balaban J connectivity index is 2.52. The van der Waals surface area contributed by atoms with Crippen LogP contribution in [0.4, 0.5) is 5.69 Å². The van der Waals surface area contributed by atoms with E-state index in [0.717, 1.165) is 19.5 Å². The van der Waals surface area contributed by atoms with E-state index in [1.807, 2.05) is 0 Å². The van der Waals surface area contributed by atoms with E-state index in [1.165, 1.54) is 16.8 Å². The first-order valence-corrected chi connectivity index (χ1v) is 7.20. The fourth-order valence-electron chi connectivity index (χ4n) is 3.20. The number of hydrogen-bond donors (Lipinski definition) is 2. The molecule has 1 unspecified atom stereocenters. The third-order valence-electron chi connectivity index (χ3n) is 4.11. The van der Waals surface area contributed by atoms with Gasteiger partial charge in [0.2, 0.25) is 0 Å². The Labute approximate surface area is 116 Å². The summed E-state index contributed by atoms with van der Waals surface area (Å²) in [4.78, 5) is 2.43. The molecule has 1 saturated heterocycles. The molecule has 1 fully saturated rings. The fraction of sp³-hybridized carbons (Fsp3) is 0.625. The van der Waals surface area contributed by atoms with Gasteiger partial charge < -0.3 is 15.3 Å². The van der Waals surface area contributed by atoms with Crippen molar-refractivity contribution in [1.82, 2.24) is 5.32 Å². The molecule has 19 heavy (non-hydrogen) atoms. The summed E-state index contributed by atoms with van der Waals surface area (Å²) >= 11 is 0. The first-order chi connectivity index (χ1) is 9.01. The summed E-state index contributed by atoms with van der Waals surface area (Å²) in [6.07, 6.45) is 1.02. The van der Waals surface area contributed by atoms with Crippen LogP contribution in [-0.2, 0) is 6.42 Å². The average molecular weight is 262 g/mol. The maximum atomic E-state index is 9.73. The monoisotopic (exact) mass is 262 g/mol. The predicted octanol–water partition coefficient (Wildman–Crippen LogP) is 2.11. The van der Waals surface area contributed by atoms with Crippen molar-refractivity contribution in [3.05, 3.63) is 29.3 Å². The summed E-state index contributed by atoms with van der Waals surface area (Å²) in [7, 11) is 0. The van der Waals surface area contributed by atoms with Gasteiger partial charge in [-0.25, -0.2) is 0 Å². The molecule has 1 aliphatic rings. The van der Waals surface area contributed by atoms with Gasteiger partial charge in [0.1, 0.15) is 0 Å². The van der Waals surface area contributed by atoms with E-state index in [2.05, 4.69) is 56.1 Å². The van der Waals surface area contributed by atoms with Crippen molar-refractivity contribution >= 4 is 5.69 Å². The summed E-state index contributed by atoms with van der Waals surface area (Å²) in [5.74, 6) is 0. The number of aliphatic hydroxyl groups is 1. The number of aryl methyl sites for hydroxylation is 2. The van der Waals surface area contributed by atoms with E-state index in [4.69, 9.17) is 0 Å². The van der Waals surface area contributed by atoms with Crippen LogP contribution in [0.15, 0.2) is 18.2 Å². The standard InChI is InChI=1S/C16H26N2O/c1-5-13-8-6-7-12(2)15(13)18-14(10-19)9-17-11-16(18,3)4/h6-8,14,17,19H,5,9-11H2,1-4H3. The molecule has 1 aromatic carbocycles. The maximum absolute atomic E-state index is 9.73. The van der Waals surface area contributed by atoms with Gasteiger partial charge in [0.05, 0.1) is 12.6 Å². The average Bonchev–Trinajstić information content (AvgIpc) is 2.38. The number of rotatable bonds is 3. The molecule has 0 saturated carbocycles. The van der Waals surface area contributed by atoms with Crippen LogP contribution in [-0.4, -0.2) is 36.4 Å². The van der Waals surface area contributed by atoms with Crippen LogP contribution >= 0.6 is 0 Å². The lowest BCUT2D eigenvalue weighted by atomic mass is 9.92. The van der Waals surface area contributed by atoms with Crippen molar-refractivity contribution < 1.29 is 5.11 Å². The van der Waals surface area contributed by atoms with Gasteiger partial charge in [-0.2, -0.15) is 0 Å². The Morgan fingerprint density at radius 1 is 1.42 bits per heavy atom. The molecule has 0 bridgehead atoms. The Kier molecular flexibility index (Phi) is 4.16. The molecule has 106 valence electrons. The van der Waals surface area contributed by atoms with Crippen LogP contribution in [0.5, 0.6) is 0 Å². The first-order valence-electron chi connectivity index (χ1n) is 7.20. The lowest BCUT2D eigenvalue weighted by molar-refractivity contribution is 0.212. The van der Waals surface area contributed by atoms with Crippen LogP contribution in [0.3, 0.4) is 0 Å². The van der Waals surface area contributed by atoms with E-state index in [-0.39, 0.29) is 18.2 Å². The molecule has 2 N–H and O–H groups in total. The quantitative estimate of drug-likeness (QED) is 0.876. The second-order valence-corrected chi connectivity index (χ2v) is 6.09. The second-order valence-electron chi connectivity index (χ2n) is 6.09. The van der Waals surface area contributed by atoms with E-state index < -0.39 is 0 Å². The van der Waals surface area contributed by atoms with Gasteiger partial charge in [0, 0.05) is 24.3 Å². The molecule has 0 spiro atoms. The normalized spacial score (nSPS) is 22.6. The van der Waals surface area contributed by atoms with Crippen LogP contribution in [0, 0.1) is 6.92 Å². The van der Waals surface area contributed by atoms with Gasteiger partial charge in [-0.15, -0.1) is 0 Å². The topological polar surface area (TPSA) is 35.5 Å². The van der Waals surface area contributed by atoms with Crippen molar-refractivity contribution in [2.45, 2.75) is 45.7 Å². The zero-order valence-corrected chi connectivity index (χ0v) is 12.5. The van der Waals surface area contributed by atoms with Crippen molar-refractivity contribution in [1.29, 1.82) is 0 Å². The zero-order valence-electron chi connectivity index (χ0n) is 12.5.